The van der Waals surface area contributed by atoms with Gasteiger partial charge in [-0.05, 0) is 38.3 Å². The van der Waals surface area contributed by atoms with Gasteiger partial charge < -0.3 is 4.90 Å². The second kappa shape index (κ2) is 8.63. The number of benzene rings is 1. The molecule has 92 valence electrons. The predicted octanol–water partition coefficient (Wildman–Crippen LogP) is 4.43. The van der Waals surface area contributed by atoms with Gasteiger partial charge in [-0.1, -0.05) is 36.4 Å². The summed E-state index contributed by atoms with van der Waals surface area (Å²) in [7, 11) is 0. The van der Waals surface area contributed by atoms with Crippen LogP contribution < -0.4 is 4.90 Å². The number of anilines is 1. The zero-order valence-electron chi connectivity index (χ0n) is 10.8. The molecule has 0 aliphatic heterocycles. The van der Waals surface area contributed by atoms with Gasteiger partial charge in [-0.25, -0.2) is 0 Å². The Labute approximate surface area is 105 Å². The van der Waals surface area contributed by atoms with Crippen molar-refractivity contribution in [2.75, 3.05) is 18.0 Å². The Morgan fingerprint density at radius 1 is 1.12 bits per heavy atom. The first-order chi connectivity index (χ1) is 8.38. The smallest absolute Gasteiger partial charge is 0.0368 e. The minimum Gasteiger partial charge on any atom is -0.368 e. The fourth-order valence-corrected chi connectivity index (χ4v) is 1.76. The summed E-state index contributed by atoms with van der Waals surface area (Å²) in [6.07, 6.45) is 9.99. The van der Waals surface area contributed by atoms with Gasteiger partial charge in [-0.15, -0.1) is 6.58 Å². The van der Waals surface area contributed by atoms with E-state index in [1.54, 1.807) is 0 Å². The van der Waals surface area contributed by atoms with Crippen molar-refractivity contribution in [2.24, 2.45) is 0 Å². The van der Waals surface area contributed by atoms with E-state index >= 15 is 0 Å². The summed E-state index contributed by atoms with van der Waals surface area (Å²) < 4.78 is 0. The van der Waals surface area contributed by atoms with Crippen LogP contribution in [0.15, 0.2) is 55.1 Å². The van der Waals surface area contributed by atoms with Crippen molar-refractivity contribution < 1.29 is 0 Å². The Morgan fingerprint density at radius 2 is 1.88 bits per heavy atom. The maximum atomic E-state index is 3.73. The summed E-state index contributed by atoms with van der Waals surface area (Å²) in [4.78, 5) is 2.37. The summed E-state index contributed by atoms with van der Waals surface area (Å²) in [6.45, 7) is 7.96. The second-order valence-corrected chi connectivity index (χ2v) is 4.07. The fraction of sp³-hybridized carbons (Fsp3) is 0.375. The van der Waals surface area contributed by atoms with Crippen LogP contribution in [0.1, 0.15) is 26.2 Å². The van der Waals surface area contributed by atoms with Crippen LogP contribution in [-0.4, -0.2) is 13.1 Å². The molecule has 0 aromatic heterocycles. The SMILES string of the molecule is C=CCCCC=CCN(CC)c1ccccc1. The second-order valence-electron chi connectivity index (χ2n) is 4.07. The van der Waals surface area contributed by atoms with Gasteiger partial charge in [0.1, 0.15) is 0 Å². The van der Waals surface area contributed by atoms with Gasteiger partial charge >= 0.3 is 0 Å². The van der Waals surface area contributed by atoms with Gasteiger partial charge in [0.15, 0.2) is 0 Å². The lowest BCUT2D eigenvalue weighted by atomic mass is 10.2. The number of hydrogen-bond donors (Lipinski definition) is 0. The third-order valence-electron chi connectivity index (χ3n) is 2.77. The van der Waals surface area contributed by atoms with Crippen LogP contribution in [0.3, 0.4) is 0 Å². The van der Waals surface area contributed by atoms with E-state index < -0.39 is 0 Å². The first kappa shape index (κ1) is 13.6. The van der Waals surface area contributed by atoms with Gasteiger partial charge in [0.05, 0.1) is 0 Å². The summed E-state index contributed by atoms with van der Waals surface area (Å²) >= 11 is 0. The van der Waals surface area contributed by atoms with Crippen molar-refractivity contribution in [1.29, 1.82) is 0 Å². The van der Waals surface area contributed by atoms with E-state index in [0.717, 1.165) is 25.9 Å². The van der Waals surface area contributed by atoms with Crippen LogP contribution in [-0.2, 0) is 0 Å². The van der Waals surface area contributed by atoms with Crippen LogP contribution >= 0.6 is 0 Å². The molecule has 1 aromatic rings. The molecule has 0 bridgehead atoms. The van der Waals surface area contributed by atoms with Crippen molar-refractivity contribution in [3.8, 4) is 0 Å². The molecule has 0 atom stereocenters. The van der Waals surface area contributed by atoms with Crippen molar-refractivity contribution >= 4 is 5.69 Å². The number of unbranched alkanes of at least 4 members (excludes halogenated alkanes) is 2. The molecule has 1 heteroatoms. The van der Waals surface area contributed by atoms with Crippen LogP contribution in [0.2, 0.25) is 0 Å². The molecule has 1 aromatic carbocycles. The molecule has 1 rings (SSSR count). The zero-order valence-corrected chi connectivity index (χ0v) is 10.8. The van der Waals surface area contributed by atoms with E-state index in [2.05, 4.69) is 60.9 Å². The standard InChI is InChI=1S/C16H23N/c1-3-5-6-7-8-12-15-17(4-2)16-13-10-9-11-14-16/h3,8-14H,1,4-7,15H2,2H3. The maximum absolute atomic E-state index is 3.73. The number of nitrogens with zero attached hydrogens (tertiary/aromatic N) is 1. The molecule has 0 aliphatic carbocycles. The molecule has 0 heterocycles. The van der Waals surface area contributed by atoms with Crippen molar-refractivity contribution in [2.45, 2.75) is 26.2 Å². The quantitative estimate of drug-likeness (QED) is 0.471. The largest absolute Gasteiger partial charge is 0.368 e. The van der Waals surface area contributed by atoms with Crippen LogP contribution in [0.25, 0.3) is 0 Å². The van der Waals surface area contributed by atoms with Crippen LogP contribution in [0.4, 0.5) is 5.69 Å². The molecule has 0 spiro atoms. The van der Waals surface area contributed by atoms with E-state index in [4.69, 9.17) is 0 Å². The molecule has 0 saturated heterocycles. The monoisotopic (exact) mass is 229 g/mol. The fourth-order valence-electron chi connectivity index (χ4n) is 1.76. The minimum atomic E-state index is 0.995. The molecule has 0 unspecified atom stereocenters. The minimum absolute atomic E-state index is 0.995. The Morgan fingerprint density at radius 3 is 2.53 bits per heavy atom. The Balaban J connectivity index is 2.35. The number of para-hydroxylation sites is 1. The molecule has 1 nitrogen and oxygen atoms in total. The Hall–Kier alpha value is -1.50. The third kappa shape index (κ3) is 5.39. The molecule has 0 saturated carbocycles. The highest BCUT2D eigenvalue weighted by Gasteiger charge is 1.99. The lowest BCUT2D eigenvalue weighted by molar-refractivity contribution is 0.858. The summed E-state index contributed by atoms with van der Waals surface area (Å²) in [5.74, 6) is 0. The topological polar surface area (TPSA) is 3.24 Å². The zero-order chi connectivity index (χ0) is 12.3. The van der Waals surface area contributed by atoms with E-state index in [9.17, 15) is 0 Å². The number of allylic oxidation sites excluding steroid dienone is 2. The highest BCUT2D eigenvalue weighted by molar-refractivity contribution is 5.46. The Bertz CT molecular complexity index is 327. The Kier molecular flexibility index (Phi) is 6.89. The first-order valence-corrected chi connectivity index (χ1v) is 6.44. The van der Waals surface area contributed by atoms with Crippen LogP contribution in [0, 0.1) is 0 Å². The molecule has 0 amide bonds. The average Bonchev–Trinajstić information content (AvgIpc) is 2.39. The molecular weight excluding hydrogens is 206 g/mol. The maximum Gasteiger partial charge on any atom is 0.0368 e. The number of likely N-dealkylation sites (N-methyl/N-ethyl adjacent to an activating group) is 1. The van der Waals surface area contributed by atoms with Crippen molar-refractivity contribution in [3.05, 3.63) is 55.1 Å². The van der Waals surface area contributed by atoms with E-state index in [0.29, 0.717) is 0 Å². The highest BCUT2D eigenvalue weighted by atomic mass is 15.1. The molecule has 0 fully saturated rings. The molecule has 17 heavy (non-hydrogen) atoms. The van der Waals surface area contributed by atoms with Crippen molar-refractivity contribution in [1.82, 2.24) is 0 Å². The highest BCUT2D eigenvalue weighted by Crippen LogP contribution is 2.12. The normalized spacial score (nSPS) is 10.6. The number of hydrogen-bond acceptors (Lipinski definition) is 1. The summed E-state index contributed by atoms with van der Waals surface area (Å²) in [6, 6.07) is 10.6. The van der Waals surface area contributed by atoms with Gasteiger partial charge in [-0.2, -0.15) is 0 Å². The summed E-state index contributed by atoms with van der Waals surface area (Å²) in [5, 5.41) is 0. The molecular formula is C16H23N. The van der Waals surface area contributed by atoms with Gasteiger partial charge in [0, 0.05) is 18.8 Å². The molecule has 0 radical (unpaired) electrons. The van der Waals surface area contributed by atoms with Crippen LogP contribution in [0.5, 0.6) is 0 Å². The molecule has 0 N–H and O–H groups in total. The average molecular weight is 229 g/mol. The van der Waals surface area contributed by atoms with Gasteiger partial charge in [-0.3, -0.25) is 0 Å². The molecule has 0 aliphatic rings. The first-order valence-electron chi connectivity index (χ1n) is 6.44. The van der Waals surface area contributed by atoms with Crippen molar-refractivity contribution in [3.63, 3.8) is 0 Å². The van der Waals surface area contributed by atoms with Gasteiger partial charge in [0.25, 0.3) is 0 Å². The van der Waals surface area contributed by atoms with E-state index in [1.165, 1.54) is 12.1 Å². The van der Waals surface area contributed by atoms with E-state index in [-0.39, 0.29) is 0 Å². The lowest BCUT2D eigenvalue weighted by Crippen LogP contribution is -2.22. The van der Waals surface area contributed by atoms with Gasteiger partial charge in [0.2, 0.25) is 0 Å². The predicted molar refractivity (Wildman–Crippen MR) is 77.5 cm³/mol. The lowest BCUT2D eigenvalue weighted by Gasteiger charge is -2.21. The van der Waals surface area contributed by atoms with E-state index in [1.807, 2.05) is 6.08 Å². The summed E-state index contributed by atoms with van der Waals surface area (Å²) in [5.41, 5.74) is 1.30. The third-order valence-corrected chi connectivity index (χ3v) is 2.77. The number of rotatable bonds is 8.